The molecule has 0 amide bonds. The molecule has 0 heterocycles. The Morgan fingerprint density at radius 1 is 1.20 bits per heavy atom. The predicted octanol–water partition coefficient (Wildman–Crippen LogP) is 3.67. The van der Waals surface area contributed by atoms with Crippen LogP contribution in [0.25, 0.3) is 0 Å². The van der Waals surface area contributed by atoms with Gasteiger partial charge in [0.1, 0.15) is 5.75 Å². The molecule has 0 radical (unpaired) electrons. The number of ether oxygens (including phenoxy) is 1. The molecule has 0 N–H and O–H groups in total. The summed E-state index contributed by atoms with van der Waals surface area (Å²) in [4.78, 5) is 0. The van der Waals surface area contributed by atoms with Gasteiger partial charge in [-0.15, -0.1) is 0 Å². The largest absolute Gasteiger partial charge is 0.497 e. The molecule has 1 nitrogen and oxygen atoms in total. The fourth-order valence-electron chi connectivity index (χ4n) is 1.38. The molecule has 0 aliphatic carbocycles. The molecule has 0 saturated carbocycles. The van der Waals surface area contributed by atoms with E-state index in [9.17, 15) is 13.2 Å². The van der Waals surface area contributed by atoms with E-state index in [0.29, 0.717) is 12.0 Å². The SMILES string of the molecule is CCCc1cc(OC)cc(C(F)(F)F)c1. The van der Waals surface area contributed by atoms with Crippen molar-refractivity contribution in [3.8, 4) is 5.75 Å². The first kappa shape index (κ1) is 11.9. The van der Waals surface area contributed by atoms with Gasteiger partial charge in [0.2, 0.25) is 0 Å². The quantitative estimate of drug-likeness (QED) is 0.752. The van der Waals surface area contributed by atoms with Gasteiger partial charge in [-0.3, -0.25) is 0 Å². The molecule has 1 aromatic carbocycles. The highest BCUT2D eigenvalue weighted by Gasteiger charge is 2.31. The third-order valence-electron chi connectivity index (χ3n) is 2.07. The Hall–Kier alpha value is -1.19. The van der Waals surface area contributed by atoms with E-state index in [1.54, 1.807) is 6.07 Å². The molecule has 4 heteroatoms. The van der Waals surface area contributed by atoms with Crippen LogP contribution in [-0.2, 0) is 12.6 Å². The predicted molar refractivity (Wildman–Crippen MR) is 52.0 cm³/mol. The number of alkyl halides is 3. The second-order valence-corrected chi connectivity index (χ2v) is 3.32. The molecule has 0 aromatic heterocycles. The maximum atomic E-state index is 12.5. The van der Waals surface area contributed by atoms with Crippen LogP contribution in [0.15, 0.2) is 18.2 Å². The number of halogens is 3. The summed E-state index contributed by atoms with van der Waals surface area (Å²) in [6.45, 7) is 1.92. The number of aryl methyl sites for hydroxylation is 1. The fourth-order valence-corrected chi connectivity index (χ4v) is 1.38. The van der Waals surface area contributed by atoms with Crippen LogP contribution in [0.2, 0.25) is 0 Å². The molecule has 0 aliphatic heterocycles. The maximum Gasteiger partial charge on any atom is 0.416 e. The van der Waals surface area contributed by atoms with E-state index in [2.05, 4.69) is 0 Å². The van der Waals surface area contributed by atoms with E-state index >= 15 is 0 Å². The van der Waals surface area contributed by atoms with Gasteiger partial charge in [0, 0.05) is 0 Å². The zero-order valence-electron chi connectivity index (χ0n) is 8.69. The molecule has 0 fully saturated rings. The van der Waals surface area contributed by atoms with Gasteiger partial charge >= 0.3 is 6.18 Å². The molecule has 1 aromatic rings. The zero-order valence-corrected chi connectivity index (χ0v) is 8.69. The Morgan fingerprint density at radius 3 is 2.33 bits per heavy atom. The summed E-state index contributed by atoms with van der Waals surface area (Å²) in [7, 11) is 1.37. The van der Waals surface area contributed by atoms with Gasteiger partial charge in [-0.25, -0.2) is 0 Å². The van der Waals surface area contributed by atoms with Gasteiger partial charge in [-0.05, 0) is 30.2 Å². The summed E-state index contributed by atoms with van der Waals surface area (Å²) in [5, 5.41) is 0. The second-order valence-electron chi connectivity index (χ2n) is 3.32. The average molecular weight is 218 g/mol. The standard InChI is InChI=1S/C11H13F3O/c1-3-4-8-5-9(11(12,13)14)7-10(6-8)15-2/h5-7H,3-4H2,1-2H3. The molecule has 0 unspecified atom stereocenters. The first-order valence-corrected chi connectivity index (χ1v) is 4.72. The Kier molecular flexibility index (Phi) is 3.61. The Balaban J connectivity index is 3.11. The van der Waals surface area contributed by atoms with Crippen molar-refractivity contribution >= 4 is 0 Å². The van der Waals surface area contributed by atoms with Crippen LogP contribution >= 0.6 is 0 Å². The summed E-state index contributed by atoms with van der Waals surface area (Å²) < 4.78 is 42.2. The minimum Gasteiger partial charge on any atom is -0.497 e. The number of methoxy groups -OCH3 is 1. The lowest BCUT2D eigenvalue weighted by molar-refractivity contribution is -0.137. The van der Waals surface area contributed by atoms with Crippen LogP contribution in [0.1, 0.15) is 24.5 Å². The highest BCUT2D eigenvalue weighted by atomic mass is 19.4. The molecular formula is C11H13F3O. The molecule has 1 rings (SSSR count). The molecule has 84 valence electrons. The van der Waals surface area contributed by atoms with Crippen molar-refractivity contribution in [2.24, 2.45) is 0 Å². The number of rotatable bonds is 3. The van der Waals surface area contributed by atoms with Gasteiger partial charge < -0.3 is 4.74 Å². The van der Waals surface area contributed by atoms with Gasteiger partial charge in [-0.1, -0.05) is 13.3 Å². The van der Waals surface area contributed by atoms with Crippen molar-refractivity contribution in [2.45, 2.75) is 25.9 Å². The van der Waals surface area contributed by atoms with E-state index < -0.39 is 11.7 Å². The molecule has 15 heavy (non-hydrogen) atoms. The van der Waals surface area contributed by atoms with Crippen molar-refractivity contribution in [1.29, 1.82) is 0 Å². The van der Waals surface area contributed by atoms with Gasteiger partial charge in [0.15, 0.2) is 0 Å². The minimum atomic E-state index is -4.31. The Morgan fingerprint density at radius 2 is 1.87 bits per heavy atom. The zero-order chi connectivity index (χ0) is 11.5. The third-order valence-corrected chi connectivity index (χ3v) is 2.07. The van der Waals surface area contributed by atoms with E-state index in [-0.39, 0.29) is 5.75 Å². The number of hydrogen-bond acceptors (Lipinski definition) is 1. The lowest BCUT2D eigenvalue weighted by Crippen LogP contribution is -2.06. The minimum absolute atomic E-state index is 0.258. The van der Waals surface area contributed by atoms with Crippen LogP contribution in [-0.4, -0.2) is 7.11 Å². The lowest BCUT2D eigenvalue weighted by atomic mass is 10.1. The van der Waals surface area contributed by atoms with Crippen molar-refractivity contribution in [1.82, 2.24) is 0 Å². The maximum absolute atomic E-state index is 12.5. The lowest BCUT2D eigenvalue weighted by Gasteiger charge is -2.11. The van der Waals surface area contributed by atoms with E-state index in [4.69, 9.17) is 4.74 Å². The summed E-state index contributed by atoms with van der Waals surface area (Å²) in [5.74, 6) is 0.258. The van der Waals surface area contributed by atoms with Crippen molar-refractivity contribution < 1.29 is 17.9 Å². The molecule has 0 atom stereocenters. The molecule has 0 spiro atoms. The van der Waals surface area contributed by atoms with Gasteiger partial charge in [0.25, 0.3) is 0 Å². The van der Waals surface area contributed by atoms with Crippen LogP contribution in [0.5, 0.6) is 5.75 Å². The number of benzene rings is 1. The van der Waals surface area contributed by atoms with E-state index in [1.165, 1.54) is 13.2 Å². The van der Waals surface area contributed by atoms with E-state index in [0.717, 1.165) is 12.5 Å². The van der Waals surface area contributed by atoms with Crippen molar-refractivity contribution in [3.05, 3.63) is 29.3 Å². The number of hydrogen-bond donors (Lipinski definition) is 0. The second kappa shape index (κ2) is 4.55. The van der Waals surface area contributed by atoms with Gasteiger partial charge in [0.05, 0.1) is 12.7 Å². The van der Waals surface area contributed by atoms with Crippen molar-refractivity contribution in [2.75, 3.05) is 7.11 Å². The molecular weight excluding hydrogens is 205 g/mol. The van der Waals surface area contributed by atoms with Gasteiger partial charge in [-0.2, -0.15) is 13.2 Å². The molecule has 0 aliphatic rings. The van der Waals surface area contributed by atoms with Crippen LogP contribution in [0.3, 0.4) is 0 Å². The molecule has 0 saturated heterocycles. The highest BCUT2D eigenvalue weighted by Crippen LogP contribution is 2.32. The van der Waals surface area contributed by atoms with Crippen LogP contribution in [0.4, 0.5) is 13.2 Å². The summed E-state index contributed by atoms with van der Waals surface area (Å²) in [6.07, 6.45) is -2.87. The Bertz CT molecular complexity index is 331. The van der Waals surface area contributed by atoms with Crippen LogP contribution in [0, 0.1) is 0 Å². The first-order chi connectivity index (χ1) is 6.97. The van der Waals surface area contributed by atoms with Crippen LogP contribution < -0.4 is 4.74 Å². The summed E-state index contributed by atoms with van der Waals surface area (Å²) in [6, 6.07) is 3.82. The highest BCUT2D eigenvalue weighted by molar-refractivity contribution is 5.36. The smallest absolute Gasteiger partial charge is 0.416 e. The topological polar surface area (TPSA) is 9.23 Å². The average Bonchev–Trinajstić information content (AvgIpc) is 2.16. The fraction of sp³-hybridized carbons (Fsp3) is 0.455. The summed E-state index contributed by atoms with van der Waals surface area (Å²) in [5.41, 5.74) is 0.00877. The normalized spacial score (nSPS) is 11.5. The first-order valence-electron chi connectivity index (χ1n) is 4.72. The molecule has 0 bridgehead atoms. The van der Waals surface area contributed by atoms with E-state index in [1.807, 2.05) is 6.92 Å². The third kappa shape index (κ3) is 3.15. The monoisotopic (exact) mass is 218 g/mol. The summed E-state index contributed by atoms with van der Waals surface area (Å²) >= 11 is 0. The Labute approximate surface area is 86.9 Å². The van der Waals surface area contributed by atoms with Crippen molar-refractivity contribution in [3.63, 3.8) is 0 Å².